The van der Waals surface area contributed by atoms with Crippen molar-refractivity contribution in [2.75, 3.05) is 7.05 Å². The summed E-state index contributed by atoms with van der Waals surface area (Å²) < 4.78 is 3.45. The number of aromatic nitrogens is 5. The number of aryl methyl sites for hydroxylation is 2. The van der Waals surface area contributed by atoms with Gasteiger partial charge in [0, 0.05) is 31.5 Å². The maximum absolute atomic E-state index is 13.1. The van der Waals surface area contributed by atoms with Crippen LogP contribution < -0.4 is 0 Å². The normalized spacial score (nSPS) is 11.2. The number of halogens is 1. The van der Waals surface area contributed by atoms with Crippen LogP contribution in [0.15, 0.2) is 48.9 Å². The van der Waals surface area contributed by atoms with Gasteiger partial charge in [-0.3, -0.25) is 9.48 Å². The zero-order valence-corrected chi connectivity index (χ0v) is 17.3. The fourth-order valence-electron chi connectivity index (χ4n) is 3.19. The van der Waals surface area contributed by atoms with Gasteiger partial charge in [0.1, 0.15) is 11.3 Å². The Morgan fingerprint density at radius 3 is 2.66 bits per heavy atom. The number of rotatable bonds is 5. The van der Waals surface area contributed by atoms with Crippen molar-refractivity contribution in [3.63, 3.8) is 0 Å². The van der Waals surface area contributed by atoms with E-state index in [1.54, 1.807) is 39.7 Å². The molecule has 0 radical (unpaired) electrons. The molecule has 0 atom stereocenters. The predicted molar refractivity (Wildman–Crippen MR) is 112 cm³/mol. The van der Waals surface area contributed by atoms with E-state index in [2.05, 4.69) is 15.2 Å². The van der Waals surface area contributed by atoms with Crippen molar-refractivity contribution in [2.24, 2.45) is 0 Å². The number of amides is 1. The Bertz CT molecular complexity index is 1180. The van der Waals surface area contributed by atoms with Gasteiger partial charge in [-0.05, 0) is 19.9 Å². The van der Waals surface area contributed by atoms with Crippen LogP contribution in [-0.2, 0) is 13.1 Å². The Balaban J connectivity index is 1.65. The Kier molecular flexibility index (Phi) is 5.07. The van der Waals surface area contributed by atoms with Crippen LogP contribution in [0.2, 0.25) is 5.02 Å². The van der Waals surface area contributed by atoms with Crippen LogP contribution >= 0.6 is 11.6 Å². The standard InChI is InChI=1S/C21H21ClN6O/c1-4-27-12-17(22)18(25-27)13-26(3)21(29)16-11-24-28-19(9-10-23-20(16)28)15-7-5-14(2)6-8-15/h5-12H,4,13H2,1-3H3. The molecule has 0 unspecified atom stereocenters. The summed E-state index contributed by atoms with van der Waals surface area (Å²) in [6.07, 6.45) is 5.02. The summed E-state index contributed by atoms with van der Waals surface area (Å²) in [6, 6.07) is 10.0. The molecule has 3 aromatic heterocycles. The first kappa shape index (κ1) is 19.1. The first-order chi connectivity index (χ1) is 14.0. The van der Waals surface area contributed by atoms with E-state index in [0.29, 0.717) is 28.5 Å². The first-order valence-electron chi connectivity index (χ1n) is 9.35. The summed E-state index contributed by atoms with van der Waals surface area (Å²) >= 11 is 6.24. The number of fused-ring (bicyclic) bond motifs is 1. The molecule has 1 aromatic carbocycles. The maximum Gasteiger partial charge on any atom is 0.259 e. The van der Waals surface area contributed by atoms with Gasteiger partial charge in [0.2, 0.25) is 0 Å². The molecule has 1 amide bonds. The zero-order chi connectivity index (χ0) is 20.5. The number of hydrogen-bond donors (Lipinski definition) is 0. The molecule has 0 fully saturated rings. The smallest absolute Gasteiger partial charge is 0.259 e. The van der Waals surface area contributed by atoms with Gasteiger partial charge in [-0.2, -0.15) is 10.2 Å². The van der Waals surface area contributed by atoms with Crippen molar-refractivity contribution in [1.82, 2.24) is 29.3 Å². The molecule has 7 nitrogen and oxygen atoms in total. The minimum absolute atomic E-state index is 0.185. The third-order valence-corrected chi connectivity index (χ3v) is 5.14. The molecule has 0 aliphatic heterocycles. The van der Waals surface area contributed by atoms with E-state index in [4.69, 9.17) is 11.6 Å². The van der Waals surface area contributed by atoms with Gasteiger partial charge in [-0.1, -0.05) is 41.4 Å². The van der Waals surface area contributed by atoms with Crippen molar-refractivity contribution < 1.29 is 4.79 Å². The van der Waals surface area contributed by atoms with Gasteiger partial charge in [-0.15, -0.1) is 0 Å². The maximum atomic E-state index is 13.1. The van der Waals surface area contributed by atoms with E-state index in [1.165, 1.54) is 5.56 Å². The Morgan fingerprint density at radius 2 is 1.97 bits per heavy atom. The van der Waals surface area contributed by atoms with Gasteiger partial charge < -0.3 is 4.90 Å². The summed E-state index contributed by atoms with van der Waals surface area (Å²) in [5.41, 5.74) is 4.68. The molecule has 0 aliphatic rings. The molecule has 4 rings (SSSR count). The van der Waals surface area contributed by atoms with E-state index < -0.39 is 0 Å². The summed E-state index contributed by atoms with van der Waals surface area (Å²) in [4.78, 5) is 19.0. The van der Waals surface area contributed by atoms with Gasteiger partial charge in [0.05, 0.1) is 23.5 Å². The highest BCUT2D eigenvalue weighted by atomic mass is 35.5. The molecule has 0 saturated carbocycles. The van der Waals surface area contributed by atoms with E-state index >= 15 is 0 Å². The molecule has 0 saturated heterocycles. The zero-order valence-electron chi connectivity index (χ0n) is 16.5. The fraction of sp³-hybridized carbons (Fsp3) is 0.238. The summed E-state index contributed by atoms with van der Waals surface area (Å²) in [7, 11) is 1.72. The van der Waals surface area contributed by atoms with Crippen LogP contribution in [0.5, 0.6) is 0 Å². The molecule has 29 heavy (non-hydrogen) atoms. The first-order valence-corrected chi connectivity index (χ1v) is 9.72. The summed E-state index contributed by atoms with van der Waals surface area (Å²) in [5.74, 6) is -0.185. The van der Waals surface area contributed by atoms with Crippen LogP contribution in [-0.4, -0.2) is 42.2 Å². The average molecular weight is 409 g/mol. The number of benzene rings is 1. The molecule has 0 aliphatic carbocycles. The number of carbonyl (C=O) groups excluding carboxylic acids is 1. The van der Waals surface area contributed by atoms with Gasteiger partial charge in [-0.25, -0.2) is 9.50 Å². The second-order valence-corrected chi connectivity index (χ2v) is 7.34. The number of hydrogen-bond acceptors (Lipinski definition) is 4. The van der Waals surface area contributed by atoms with Crippen LogP contribution in [0, 0.1) is 6.92 Å². The Hall–Kier alpha value is -3.19. The second kappa shape index (κ2) is 7.67. The highest BCUT2D eigenvalue weighted by molar-refractivity contribution is 6.31. The van der Waals surface area contributed by atoms with E-state index in [-0.39, 0.29) is 5.91 Å². The third-order valence-electron chi connectivity index (χ3n) is 4.82. The molecular weight excluding hydrogens is 388 g/mol. The summed E-state index contributed by atoms with van der Waals surface area (Å²) in [6.45, 7) is 5.05. The van der Waals surface area contributed by atoms with Crippen LogP contribution in [0.3, 0.4) is 0 Å². The molecule has 0 N–H and O–H groups in total. The largest absolute Gasteiger partial charge is 0.336 e. The molecule has 3 heterocycles. The lowest BCUT2D eigenvalue weighted by molar-refractivity contribution is 0.0785. The van der Waals surface area contributed by atoms with Crippen molar-refractivity contribution in [1.29, 1.82) is 0 Å². The van der Waals surface area contributed by atoms with E-state index in [1.807, 2.05) is 44.2 Å². The molecule has 4 aromatic rings. The highest BCUT2D eigenvalue weighted by Crippen LogP contribution is 2.23. The lowest BCUT2D eigenvalue weighted by Crippen LogP contribution is -2.26. The van der Waals surface area contributed by atoms with Gasteiger partial charge in [0.25, 0.3) is 5.91 Å². The molecule has 148 valence electrons. The predicted octanol–water partition coefficient (Wildman–Crippen LogP) is 3.85. The van der Waals surface area contributed by atoms with Gasteiger partial charge in [0.15, 0.2) is 5.65 Å². The minimum atomic E-state index is -0.185. The van der Waals surface area contributed by atoms with Crippen molar-refractivity contribution in [3.05, 3.63) is 70.8 Å². The van der Waals surface area contributed by atoms with Crippen LogP contribution in [0.25, 0.3) is 16.9 Å². The van der Waals surface area contributed by atoms with Crippen molar-refractivity contribution in [3.8, 4) is 11.3 Å². The SMILES string of the molecule is CCn1cc(Cl)c(CN(C)C(=O)c2cnn3c(-c4ccc(C)cc4)ccnc23)n1. The molecular formula is C21H21ClN6O. The quantitative estimate of drug-likeness (QED) is 0.503. The third kappa shape index (κ3) is 3.61. The fourth-order valence-corrected chi connectivity index (χ4v) is 3.40. The lowest BCUT2D eigenvalue weighted by atomic mass is 10.1. The monoisotopic (exact) mass is 408 g/mol. The van der Waals surface area contributed by atoms with Crippen LogP contribution in [0.1, 0.15) is 28.5 Å². The Labute approximate surface area is 173 Å². The number of carbonyl (C=O) groups is 1. The topological polar surface area (TPSA) is 68.3 Å². The minimum Gasteiger partial charge on any atom is -0.336 e. The summed E-state index contributed by atoms with van der Waals surface area (Å²) in [5, 5.41) is 9.38. The molecule has 0 bridgehead atoms. The lowest BCUT2D eigenvalue weighted by Gasteiger charge is -2.15. The van der Waals surface area contributed by atoms with Crippen LogP contribution in [0.4, 0.5) is 0 Å². The molecule has 0 spiro atoms. The number of nitrogens with zero attached hydrogens (tertiary/aromatic N) is 6. The van der Waals surface area contributed by atoms with Gasteiger partial charge >= 0.3 is 0 Å². The second-order valence-electron chi connectivity index (χ2n) is 6.93. The van der Waals surface area contributed by atoms with Crippen molar-refractivity contribution >= 4 is 23.2 Å². The molecule has 8 heteroatoms. The Morgan fingerprint density at radius 1 is 1.21 bits per heavy atom. The van der Waals surface area contributed by atoms with E-state index in [0.717, 1.165) is 17.8 Å². The van der Waals surface area contributed by atoms with Crippen molar-refractivity contribution in [2.45, 2.75) is 26.9 Å². The van der Waals surface area contributed by atoms with E-state index in [9.17, 15) is 4.79 Å². The average Bonchev–Trinajstić information content (AvgIpc) is 3.31. The highest BCUT2D eigenvalue weighted by Gasteiger charge is 2.21.